The number of carboxylic acid groups (broad SMARTS) is 1. The Labute approximate surface area is 130 Å². The van der Waals surface area contributed by atoms with Crippen molar-refractivity contribution in [3.05, 3.63) is 69.3 Å². The molecule has 0 aliphatic carbocycles. The van der Waals surface area contributed by atoms with Crippen LogP contribution in [0.25, 0.3) is 22.3 Å². The fraction of sp³-hybridized carbons (Fsp3) is 0.0588. The van der Waals surface area contributed by atoms with E-state index in [4.69, 9.17) is 21.1 Å². The molecule has 0 fully saturated rings. The highest BCUT2D eigenvalue weighted by molar-refractivity contribution is 6.33. The monoisotopic (exact) mass is 314 g/mol. The lowest BCUT2D eigenvalue weighted by Gasteiger charge is -2.06. The van der Waals surface area contributed by atoms with Gasteiger partial charge in [-0.1, -0.05) is 29.8 Å². The van der Waals surface area contributed by atoms with Crippen LogP contribution in [0.5, 0.6) is 0 Å². The van der Waals surface area contributed by atoms with Gasteiger partial charge in [0.1, 0.15) is 11.3 Å². The van der Waals surface area contributed by atoms with Gasteiger partial charge in [0.15, 0.2) is 5.43 Å². The molecule has 0 aliphatic rings. The molecule has 0 aliphatic heterocycles. The standard InChI is InChI=1S/C17H11ClO4/c18-13-4-2-1-3-11(13)16-9-14(19)12-7-10(8-17(20)21)5-6-15(12)22-16/h1-7,9H,8H2,(H,20,21). The average Bonchev–Trinajstić information content (AvgIpc) is 2.47. The minimum atomic E-state index is -0.948. The summed E-state index contributed by atoms with van der Waals surface area (Å²) in [6, 6.07) is 13.2. The molecule has 3 aromatic rings. The first-order valence-corrected chi connectivity index (χ1v) is 6.96. The van der Waals surface area contributed by atoms with E-state index >= 15 is 0 Å². The molecule has 1 N–H and O–H groups in total. The molecule has 5 heteroatoms. The zero-order valence-electron chi connectivity index (χ0n) is 11.4. The molecule has 3 rings (SSSR count). The largest absolute Gasteiger partial charge is 0.481 e. The Kier molecular flexibility index (Phi) is 3.69. The second-order valence-electron chi connectivity index (χ2n) is 4.86. The van der Waals surface area contributed by atoms with E-state index in [0.29, 0.717) is 32.9 Å². The SMILES string of the molecule is O=C(O)Cc1ccc2oc(-c3ccccc3Cl)cc(=O)c2c1. The van der Waals surface area contributed by atoms with Crippen LogP contribution in [0.1, 0.15) is 5.56 Å². The van der Waals surface area contributed by atoms with Gasteiger partial charge in [-0.25, -0.2) is 0 Å². The van der Waals surface area contributed by atoms with Gasteiger partial charge >= 0.3 is 5.97 Å². The first kappa shape index (κ1) is 14.4. The summed E-state index contributed by atoms with van der Waals surface area (Å²) in [4.78, 5) is 23.0. The van der Waals surface area contributed by atoms with Crippen molar-refractivity contribution in [2.75, 3.05) is 0 Å². The number of fused-ring (bicyclic) bond motifs is 1. The number of hydrogen-bond donors (Lipinski definition) is 1. The van der Waals surface area contributed by atoms with Crippen LogP contribution in [0.2, 0.25) is 5.02 Å². The maximum Gasteiger partial charge on any atom is 0.307 e. The molecule has 0 amide bonds. The fourth-order valence-corrected chi connectivity index (χ4v) is 2.51. The quantitative estimate of drug-likeness (QED) is 0.799. The van der Waals surface area contributed by atoms with E-state index in [1.54, 1.807) is 42.5 Å². The summed E-state index contributed by atoms with van der Waals surface area (Å²) in [6.07, 6.45) is -0.137. The summed E-state index contributed by atoms with van der Waals surface area (Å²) in [5, 5.41) is 9.66. The molecular weight excluding hydrogens is 304 g/mol. The van der Waals surface area contributed by atoms with Crippen molar-refractivity contribution in [2.24, 2.45) is 0 Å². The molecule has 110 valence electrons. The number of benzene rings is 2. The number of halogens is 1. The molecule has 2 aromatic carbocycles. The molecule has 1 aromatic heterocycles. The van der Waals surface area contributed by atoms with Crippen LogP contribution in [0.3, 0.4) is 0 Å². The number of rotatable bonds is 3. The third-order valence-electron chi connectivity index (χ3n) is 3.29. The van der Waals surface area contributed by atoms with Crippen molar-refractivity contribution in [3.8, 4) is 11.3 Å². The van der Waals surface area contributed by atoms with Crippen molar-refractivity contribution >= 4 is 28.5 Å². The predicted octanol–water partition coefficient (Wildman–Crippen LogP) is 3.74. The van der Waals surface area contributed by atoms with Gasteiger partial charge in [-0.3, -0.25) is 9.59 Å². The van der Waals surface area contributed by atoms with Crippen molar-refractivity contribution in [1.82, 2.24) is 0 Å². The first-order valence-electron chi connectivity index (χ1n) is 6.58. The highest BCUT2D eigenvalue weighted by atomic mass is 35.5. The van der Waals surface area contributed by atoms with Crippen molar-refractivity contribution in [3.63, 3.8) is 0 Å². The Morgan fingerprint density at radius 1 is 1.14 bits per heavy atom. The van der Waals surface area contributed by atoms with Crippen LogP contribution in [0.15, 0.2) is 57.7 Å². The molecule has 22 heavy (non-hydrogen) atoms. The molecule has 0 saturated heterocycles. The van der Waals surface area contributed by atoms with Gasteiger partial charge in [0.05, 0.1) is 16.8 Å². The molecule has 0 bridgehead atoms. The van der Waals surface area contributed by atoms with Gasteiger partial charge in [0.2, 0.25) is 0 Å². The summed E-state index contributed by atoms with van der Waals surface area (Å²) < 4.78 is 5.74. The van der Waals surface area contributed by atoms with Gasteiger partial charge in [0, 0.05) is 11.6 Å². The van der Waals surface area contributed by atoms with E-state index in [9.17, 15) is 9.59 Å². The minimum Gasteiger partial charge on any atom is -0.481 e. The van der Waals surface area contributed by atoms with Gasteiger partial charge in [0.25, 0.3) is 0 Å². The maximum absolute atomic E-state index is 12.3. The Hall–Kier alpha value is -2.59. The Morgan fingerprint density at radius 2 is 1.91 bits per heavy atom. The lowest BCUT2D eigenvalue weighted by atomic mass is 10.1. The van der Waals surface area contributed by atoms with Gasteiger partial charge in [-0.2, -0.15) is 0 Å². The third kappa shape index (κ3) is 2.73. The zero-order valence-corrected chi connectivity index (χ0v) is 12.1. The van der Waals surface area contributed by atoms with E-state index in [0.717, 1.165) is 0 Å². The normalized spacial score (nSPS) is 10.8. The second kappa shape index (κ2) is 5.66. The molecular formula is C17H11ClO4. The van der Waals surface area contributed by atoms with Crippen LogP contribution in [0, 0.1) is 0 Å². The summed E-state index contributed by atoms with van der Waals surface area (Å²) in [5.41, 5.74) is 1.36. The smallest absolute Gasteiger partial charge is 0.307 e. The molecule has 0 atom stereocenters. The van der Waals surface area contributed by atoms with Gasteiger partial charge < -0.3 is 9.52 Å². The van der Waals surface area contributed by atoms with E-state index < -0.39 is 5.97 Å². The zero-order chi connectivity index (χ0) is 15.7. The van der Waals surface area contributed by atoms with E-state index in [1.807, 2.05) is 0 Å². The molecule has 1 heterocycles. The summed E-state index contributed by atoms with van der Waals surface area (Å²) >= 11 is 6.12. The number of aliphatic carboxylic acids is 1. The number of carbonyl (C=O) groups is 1. The summed E-state index contributed by atoms with van der Waals surface area (Å²) in [5.74, 6) is -0.564. The van der Waals surface area contributed by atoms with Crippen LogP contribution in [-0.4, -0.2) is 11.1 Å². The number of hydrogen-bond acceptors (Lipinski definition) is 3. The highest BCUT2D eigenvalue weighted by Gasteiger charge is 2.11. The molecule has 0 unspecified atom stereocenters. The van der Waals surface area contributed by atoms with Gasteiger partial charge in [-0.05, 0) is 29.8 Å². The van der Waals surface area contributed by atoms with Crippen LogP contribution in [0.4, 0.5) is 0 Å². The Bertz CT molecular complexity index is 927. The minimum absolute atomic E-state index is 0.137. The van der Waals surface area contributed by atoms with Crippen LogP contribution in [-0.2, 0) is 11.2 Å². The first-order chi connectivity index (χ1) is 10.5. The predicted molar refractivity (Wildman–Crippen MR) is 84.3 cm³/mol. The molecule has 0 radical (unpaired) electrons. The van der Waals surface area contributed by atoms with Crippen molar-refractivity contribution in [2.45, 2.75) is 6.42 Å². The molecule has 0 spiro atoms. The Balaban J connectivity index is 2.16. The second-order valence-corrected chi connectivity index (χ2v) is 5.26. The topological polar surface area (TPSA) is 67.5 Å². The van der Waals surface area contributed by atoms with E-state index in [-0.39, 0.29) is 11.8 Å². The lowest BCUT2D eigenvalue weighted by molar-refractivity contribution is -0.136. The Morgan fingerprint density at radius 3 is 2.64 bits per heavy atom. The van der Waals surface area contributed by atoms with Crippen LogP contribution < -0.4 is 5.43 Å². The molecule has 0 saturated carbocycles. The maximum atomic E-state index is 12.3. The van der Waals surface area contributed by atoms with Crippen molar-refractivity contribution in [1.29, 1.82) is 0 Å². The summed E-state index contributed by atoms with van der Waals surface area (Å²) in [6.45, 7) is 0. The van der Waals surface area contributed by atoms with Crippen molar-refractivity contribution < 1.29 is 14.3 Å². The van der Waals surface area contributed by atoms with Crippen LogP contribution >= 0.6 is 11.6 Å². The highest BCUT2D eigenvalue weighted by Crippen LogP contribution is 2.28. The lowest BCUT2D eigenvalue weighted by Crippen LogP contribution is -2.04. The van der Waals surface area contributed by atoms with Gasteiger partial charge in [-0.15, -0.1) is 0 Å². The van der Waals surface area contributed by atoms with E-state index in [2.05, 4.69) is 0 Å². The summed E-state index contributed by atoms with van der Waals surface area (Å²) in [7, 11) is 0. The fourth-order valence-electron chi connectivity index (χ4n) is 2.28. The van der Waals surface area contributed by atoms with E-state index in [1.165, 1.54) is 6.07 Å². The molecule has 4 nitrogen and oxygen atoms in total. The average molecular weight is 315 g/mol. The third-order valence-corrected chi connectivity index (χ3v) is 3.62. The number of carboxylic acids is 1.